The van der Waals surface area contributed by atoms with E-state index in [4.69, 9.17) is 5.73 Å². The second-order valence-corrected chi connectivity index (χ2v) is 6.05. The standard InChI is InChI=1S/C17H18N6O/c18-13-6-7-19-14(10-13)17(24)22-8-3-4-12(11-22)16-21-20-15-5-1-2-9-23(15)16/h1-2,5-7,9-10,12H,3-4,8,11H2,(H2,18,19). The Bertz CT molecular complexity index is 889. The SMILES string of the molecule is Nc1ccnc(C(=O)N2CCCC(c3nnc4ccccn34)C2)c1. The van der Waals surface area contributed by atoms with Gasteiger partial charge in [-0.1, -0.05) is 6.07 Å². The topological polar surface area (TPSA) is 89.4 Å². The van der Waals surface area contributed by atoms with Gasteiger partial charge in [0.1, 0.15) is 11.5 Å². The van der Waals surface area contributed by atoms with E-state index in [0.717, 1.165) is 30.9 Å². The van der Waals surface area contributed by atoms with Gasteiger partial charge in [-0.25, -0.2) is 0 Å². The molecule has 1 atom stereocenters. The van der Waals surface area contributed by atoms with Crippen molar-refractivity contribution in [3.8, 4) is 0 Å². The Morgan fingerprint density at radius 2 is 2.17 bits per heavy atom. The highest BCUT2D eigenvalue weighted by atomic mass is 16.2. The molecule has 1 fully saturated rings. The number of carbonyl (C=O) groups is 1. The highest BCUT2D eigenvalue weighted by molar-refractivity contribution is 5.93. The van der Waals surface area contributed by atoms with Gasteiger partial charge in [0.25, 0.3) is 5.91 Å². The highest BCUT2D eigenvalue weighted by Gasteiger charge is 2.28. The Kier molecular flexibility index (Phi) is 3.60. The summed E-state index contributed by atoms with van der Waals surface area (Å²) >= 11 is 0. The van der Waals surface area contributed by atoms with E-state index in [0.29, 0.717) is 17.9 Å². The number of nitrogen functional groups attached to an aromatic ring is 1. The first-order valence-electron chi connectivity index (χ1n) is 8.03. The van der Waals surface area contributed by atoms with Crippen LogP contribution in [0.4, 0.5) is 5.69 Å². The molecule has 24 heavy (non-hydrogen) atoms. The Balaban J connectivity index is 1.59. The fourth-order valence-electron chi connectivity index (χ4n) is 3.24. The molecule has 0 aliphatic carbocycles. The fraction of sp³-hybridized carbons (Fsp3) is 0.294. The van der Waals surface area contributed by atoms with Gasteiger partial charge in [-0.05, 0) is 37.1 Å². The summed E-state index contributed by atoms with van der Waals surface area (Å²) in [6.45, 7) is 1.34. The molecule has 4 rings (SSSR count). The molecule has 1 unspecified atom stereocenters. The molecule has 122 valence electrons. The van der Waals surface area contributed by atoms with Gasteiger partial charge in [-0.15, -0.1) is 10.2 Å². The summed E-state index contributed by atoms with van der Waals surface area (Å²) in [6.07, 6.45) is 5.45. The molecule has 3 aromatic heterocycles. The zero-order chi connectivity index (χ0) is 16.5. The third-order valence-corrected chi connectivity index (χ3v) is 4.42. The van der Waals surface area contributed by atoms with Gasteiger partial charge >= 0.3 is 0 Å². The average Bonchev–Trinajstić information content (AvgIpc) is 3.05. The maximum absolute atomic E-state index is 12.7. The van der Waals surface area contributed by atoms with Gasteiger partial charge in [-0.2, -0.15) is 0 Å². The van der Waals surface area contributed by atoms with Crippen molar-refractivity contribution in [2.45, 2.75) is 18.8 Å². The van der Waals surface area contributed by atoms with Crippen LogP contribution >= 0.6 is 0 Å². The first-order valence-corrected chi connectivity index (χ1v) is 8.03. The zero-order valence-corrected chi connectivity index (χ0v) is 13.2. The number of pyridine rings is 2. The van der Waals surface area contributed by atoms with Gasteiger partial charge in [0.15, 0.2) is 5.65 Å². The molecule has 2 N–H and O–H groups in total. The van der Waals surface area contributed by atoms with E-state index in [2.05, 4.69) is 15.2 Å². The second kappa shape index (κ2) is 5.92. The molecular weight excluding hydrogens is 304 g/mol. The Labute approximate surface area is 139 Å². The fourth-order valence-corrected chi connectivity index (χ4v) is 3.24. The van der Waals surface area contributed by atoms with Gasteiger partial charge in [-0.3, -0.25) is 14.2 Å². The lowest BCUT2D eigenvalue weighted by Gasteiger charge is -2.31. The number of carbonyl (C=O) groups excluding carboxylic acids is 1. The normalized spacial score (nSPS) is 18.0. The van der Waals surface area contributed by atoms with E-state index in [9.17, 15) is 4.79 Å². The lowest BCUT2D eigenvalue weighted by molar-refractivity contribution is 0.0698. The Morgan fingerprint density at radius 3 is 3.04 bits per heavy atom. The first kappa shape index (κ1) is 14.6. The van der Waals surface area contributed by atoms with Crippen LogP contribution in [0.15, 0.2) is 42.7 Å². The summed E-state index contributed by atoms with van der Waals surface area (Å²) in [5, 5.41) is 8.55. The van der Waals surface area contributed by atoms with Crippen LogP contribution < -0.4 is 5.73 Å². The van der Waals surface area contributed by atoms with Crippen molar-refractivity contribution < 1.29 is 4.79 Å². The average molecular weight is 322 g/mol. The van der Waals surface area contributed by atoms with Crippen LogP contribution in [0.1, 0.15) is 35.1 Å². The minimum Gasteiger partial charge on any atom is -0.399 e. The van der Waals surface area contributed by atoms with E-state index in [1.165, 1.54) is 0 Å². The second-order valence-electron chi connectivity index (χ2n) is 6.05. The number of rotatable bonds is 2. The lowest BCUT2D eigenvalue weighted by atomic mass is 9.97. The predicted molar refractivity (Wildman–Crippen MR) is 89.5 cm³/mol. The van der Waals surface area contributed by atoms with E-state index < -0.39 is 0 Å². The van der Waals surface area contributed by atoms with Crippen molar-refractivity contribution in [3.05, 3.63) is 54.2 Å². The van der Waals surface area contributed by atoms with E-state index in [1.54, 1.807) is 18.3 Å². The van der Waals surface area contributed by atoms with E-state index in [-0.39, 0.29) is 11.8 Å². The number of anilines is 1. The van der Waals surface area contributed by atoms with Crippen molar-refractivity contribution in [1.29, 1.82) is 0 Å². The van der Waals surface area contributed by atoms with Gasteiger partial charge in [0, 0.05) is 37.1 Å². The van der Waals surface area contributed by atoms with Crippen molar-refractivity contribution in [2.75, 3.05) is 18.8 Å². The molecule has 7 nitrogen and oxygen atoms in total. The zero-order valence-electron chi connectivity index (χ0n) is 13.2. The number of likely N-dealkylation sites (tertiary alicyclic amines) is 1. The van der Waals surface area contributed by atoms with Gasteiger partial charge in [0.2, 0.25) is 0 Å². The smallest absolute Gasteiger partial charge is 0.272 e. The predicted octanol–water partition coefficient (Wildman–Crippen LogP) is 1.73. The molecule has 1 saturated heterocycles. The summed E-state index contributed by atoms with van der Waals surface area (Å²) in [5.74, 6) is 0.991. The number of aromatic nitrogens is 4. The maximum atomic E-state index is 12.7. The highest BCUT2D eigenvalue weighted by Crippen LogP contribution is 2.26. The third kappa shape index (κ3) is 2.58. The minimum atomic E-state index is -0.0826. The summed E-state index contributed by atoms with van der Waals surface area (Å²) < 4.78 is 2.00. The van der Waals surface area contributed by atoms with E-state index in [1.807, 2.05) is 33.7 Å². The molecule has 1 amide bonds. The molecule has 0 aromatic carbocycles. The van der Waals surface area contributed by atoms with Crippen molar-refractivity contribution in [1.82, 2.24) is 24.5 Å². The summed E-state index contributed by atoms with van der Waals surface area (Å²) in [4.78, 5) is 18.7. The van der Waals surface area contributed by atoms with Crippen LogP contribution in [0.2, 0.25) is 0 Å². The quantitative estimate of drug-likeness (QED) is 0.776. The van der Waals surface area contributed by atoms with Crippen LogP contribution in [0.25, 0.3) is 5.65 Å². The number of fused-ring (bicyclic) bond motifs is 1. The molecule has 4 heterocycles. The largest absolute Gasteiger partial charge is 0.399 e. The molecule has 0 radical (unpaired) electrons. The van der Waals surface area contributed by atoms with Crippen LogP contribution in [-0.2, 0) is 0 Å². The Morgan fingerprint density at radius 1 is 1.25 bits per heavy atom. The number of nitrogens with zero attached hydrogens (tertiary/aromatic N) is 5. The van der Waals surface area contributed by atoms with Crippen LogP contribution in [-0.4, -0.2) is 43.5 Å². The van der Waals surface area contributed by atoms with Gasteiger partial charge < -0.3 is 10.6 Å². The number of amides is 1. The van der Waals surface area contributed by atoms with Crippen molar-refractivity contribution >= 4 is 17.2 Å². The lowest BCUT2D eigenvalue weighted by Crippen LogP contribution is -2.40. The van der Waals surface area contributed by atoms with Gasteiger partial charge in [0.05, 0.1) is 0 Å². The summed E-state index contributed by atoms with van der Waals surface area (Å²) in [5.41, 5.74) is 7.52. The van der Waals surface area contributed by atoms with Crippen LogP contribution in [0.5, 0.6) is 0 Å². The third-order valence-electron chi connectivity index (χ3n) is 4.42. The molecular formula is C17H18N6O. The number of hydrogen-bond acceptors (Lipinski definition) is 5. The number of hydrogen-bond donors (Lipinski definition) is 1. The van der Waals surface area contributed by atoms with Crippen LogP contribution in [0, 0.1) is 0 Å². The minimum absolute atomic E-state index is 0.0826. The maximum Gasteiger partial charge on any atom is 0.272 e. The number of piperidine rings is 1. The van der Waals surface area contributed by atoms with Crippen molar-refractivity contribution in [3.63, 3.8) is 0 Å². The molecule has 7 heteroatoms. The monoisotopic (exact) mass is 322 g/mol. The molecule has 0 spiro atoms. The molecule has 1 aliphatic rings. The van der Waals surface area contributed by atoms with Crippen molar-refractivity contribution in [2.24, 2.45) is 0 Å². The van der Waals surface area contributed by atoms with Crippen LogP contribution in [0.3, 0.4) is 0 Å². The molecule has 0 bridgehead atoms. The molecule has 1 aliphatic heterocycles. The Hall–Kier alpha value is -2.96. The molecule has 0 saturated carbocycles. The number of nitrogens with two attached hydrogens (primary N) is 1. The summed E-state index contributed by atoms with van der Waals surface area (Å²) in [6, 6.07) is 9.13. The summed E-state index contributed by atoms with van der Waals surface area (Å²) in [7, 11) is 0. The first-order chi connectivity index (χ1) is 11.7. The van der Waals surface area contributed by atoms with E-state index >= 15 is 0 Å². The molecule has 3 aromatic rings.